The third-order valence-electron chi connectivity index (χ3n) is 7.69. The molecule has 1 saturated carbocycles. The van der Waals surface area contributed by atoms with E-state index >= 15 is 0 Å². The molecule has 2 aromatic heterocycles. The monoisotopic (exact) mass is 436 g/mol. The Kier molecular flexibility index (Phi) is 5.02. The lowest BCUT2D eigenvalue weighted by Gasteiger charge is -2.34. The summed E-state index contributed by atoms with van der Waals surface area (Å²) in [5, 5.41) is 0. The summed E-state index contributed by atoms with van der Waals surface area (Å²) in [6.45, 7) is 6.66. The third-order valence-corrected chi connectivity index (χ3v) is 7.69. The van der Waals surface area contributed by atoms with Crippen LogP contribution in [0.5, 0.6) is 0 Å². The minimum atomic E-state index is -0.510. The van der Waals surface area contributed by atoms with Gasteiger partial charge >= 0.3 is 5.97 Å². The molecular weight excluding hydrogens is 404 g/mol. The van der Waals surface area contributed by atoms with Crippen LogP contribution in [0.2, 0.25) is 0 Å². The van der Waals surface area contributed by atoms with Gasteiger partial charge in [0.1, 0.15) is 16.7 Å². The topological polar surface area (TPSA) is 69.4 Å². The number of hydrogen-bond donors (Lipinski definition) is 0. The first-order chi connectivity index (χ1) is 15.3. The number of nitrogens with zero attached hydrogens (tertiary/aromatic N) is 4. The van der Waals surface area contributed by atoms with Gasteiger partial charge in [-0.25, -0.2) is 9.78 Å². The molecule has 2 aliphatic carbocycles. The number of aryl methyl sites for hydroxylation is 1. The fraction of sp³-hybridized carbons (Fsp3) is 0.560. The summed E-state index contributed by atoms with van der Waals surface area (Å²) in [7, 11) is 2.98. The summed E-state index contributed by atoms with van der Waals surface area (Å²) in [4.78, 5) is 33.4. The van der Waals surface area contributed by atoms with E-state index in [1.807, 2.05) is 6.92 Å². The van der Waals surface area contributed by atoms with Gasteiger partial charge in [0.15, 0.2) is 0 Å². The molecule has 1 saturated heterocycles. The fourth-order valence-corrected chi connectivity index (χ4v) is 5.47. The van der Waals surface area contributed by atoms with Crippen molar-refractivity contribution in [1.82, 2.24) is 14.1 Å². The second-order valence-electron chi connectivity index (χ2n) is 9.86. The van der Waals surface area contributed by atoms with Crippen LogP contribution in [0.4, 0.5) is 5.95 Å². The molecule has 0 amide bonds. The highest BCUT2D eigenvalue weighted by Gasteiger charge is 2.46. The first kappa shape index (κ1) is 21.0. The average molecular weight is 437 g/mol. The number of hydrogen-bond acceptors (Lipinski definition) is 5. The third kappa shape index (κ3) is 3.29. The highest BCUT2D eigenvalue weighted by Crippen LogP contribution is 2.52. The normalized spacial score (nSPS) is 21.8. The van der Waals surface area contributed by atoms with Gasteiger partial charge < -0.3 is 18.8 Å². The Morgan fingerprint density at radius 1 is 1.31 bits per heavy atom. The minimum Gasteiger partial charge on any atom is -0.464 e. The number of carbonyl (C=O) groups excluding carboxylic acids is 1. The summed E-state index contributed by atoms with van der Waals surface area (Å²) in [5.41, 5.74) is 3.66. The molecule has 7 heteroatoms. The fourth-order valence-electron chi connectivity index (χ4n) is 5.47. The average Bonchev–Trinajstić information content (AvgIpc) is 3.41. The summed E-state index contributed by atoms with van der Waals surface area (Å²) in [6.07, 6.45) is 12.5. The van der Waals surface area contributed by atoms with E-state index in [-0.39, 0.29) is 11.3 Å². The zero-order chi connectivity index (χ0) is 22.6. The van der Waals surface area contributed by atoms with Gasteiger partial charge in [-0.15, -0.1) is 0 Å². The molecule has 3 heterocycles. The SMILES string of the molecule is COC(=O)c1c(C)c2nc(N3CCCC4(CC4)C3)n(CC3=CC=CCC3C)c2c(=O)n1C. The van der Waals surface area contributed by atoms with Gasteiger partial charge in [0.05, 0.1) is 7.11 Å². The Morgan fingerprint density at radius 3 is 2.78 bits per heavy atom. The van der Waals surface area contributed by atoms with Gasteiger partial charge in [0.25, 0.3) is 5.56 Å². The van der Waals surface area contributed by atoms with E-state index < -0.39 is 5.97 Å². The molecule has 0 N–H and O–H groups in total. The maximum atomic E-state index is 13.5. The number of aromatic nitrogens is 3. The number of pyridine rings is 1. The van der Waals surface area contributed by atoms with Crippen LogP contribution >= 0.6 is 0 Å². The number of imidazole rings is 1. The Hall–Kier alpha value is -2.83. The van der Waals surface area contributed by atoms with Crippen molar-refractivity contribution in [2.24, 2.45) is 18.4 Å². The number of anilines is 1. The maximum absolute atomic E-state index is 13.5. The molecule has 1 unspecified atom stereocenters. The van der Waals surface area contributed by atoms with Gasteiger partial charge in [-0.3, -0.25) is 4.79 Å². The van der Waals surface area contributed by atoms with Crippen molar-refractivity contribution in [2.45, 2.75) is 52.5 Å². The lowest BCUT2D eigenvalue weighted by atomic mass is 9.93. The quantitative estimate of drug-likeness (QED) is 0.683. The van der Waals surface area contributed by atoms with Gasteiger partial charge in [-0.2, -0.15) is 0 Å². The number of esters is 1. The maximum Gasteiger partial charge on any atom is 0.355 e. The zero-order valence-electron chi connectivity index (χ0n) is 19.5. The van der Waals surface area contributed by atoms with Crippen molar-refractivity contribution in [3.05, 3.63) is 45.4 Å². The molecule has 3 aliphatic rings. The van der Waals surface area contributed by atoms with Crippen LogP contribution in [-0.4, -0.2) is 40.3 Å². The molecular formula is C25H32N4O3. The Bertz CT molecular complexity index is 1210. The molecule has 2 fully saturated rings. The van der Waals surface area contributed by atoms with Crippen LogP contribution in [0.3, 0.4) is 0 Å². The van der Waals surface area contributed by atoms with Crippen molar-refractivity contribution in [3.63, 3.8) is 0 Å². The second-order valence-corrected chi connectivity index (χ2v) is 9.86. The summed E-state index contributed by atoms with van der Waals surface area (Å²) in [5.74, 6) is 0.764. The van der Waals surface area contributed by atoms with Gasteiger partial charge in [0, 0.05) is 32.2 Å². The predicted octanol–water partition coefficient (Wildman–Crippen LogP) is 3.73. The van der Waals surface area contributed by atoms with Crippen molar-refractivity contribution >= 4 is 23.0 Å². The number of carbonyl (C=O) groups is 1. The summed E-state index contributed by atoms with van der Waals surface area (Å²) >= 11 is 0. The highest BCUT2D eigenvalue weighted by atomic mass is 16.5. The zero-order valence-corrected chi connectivity index (χ0v) is 19.5. The Labute approximate surface area is 188 Å². The van der Waals surface area contributed by atoms with Crippen molar-refractivity contribution in [1.29, 1.82) is 0 Å². The molecule has 1 spiro atoms. The lowest BCUT2D eigenvalue weighted by molar-refractivity contribution is 0.0587. The smallest absolute Gasteiger partial charge is 0.355 e. The largest absolute Gasteiger partial charge is 0.464 e. The van der Waals surface area contributed by atoms with Crippen LogP contribution in [-0.2, 0) is 18.3 Å². The minimum absolute atomic E-state index is 0.206. The van der Waals surface area contributed by atoms with Crippen molar-refractivity contribution in [2.75, 3.05) is 25.1 Å². The Balaban J connectivity index is 1.72. The van der Waals surface area contributed by atoms with Gasteiger partial charge in [0.2, 0.25) is 5.95 Å². The molecule has 32 heavy (non-hydrogen) atoms. The van der Waals surface area contributed by atoms with Crippen LogP contribution in [0, 0.1) is 18.3 Å². The summed E-state index contributed by atoms with van der Waals surface area (Å²) in [6, 6.07) is 0. The molecule has 2 aromatic rings. The first-order valence-corrected chi connectivity index (χ1v) is 11.6. The molecule has 5 rings (SSSR count). The van der Waals surface area contributed by atoms with E-state index in [0.29, 0.717) is 34.5 Å². The second kappa shape index (κ2) is 7.64. The summed E-state index contributed by atoms with van der Waals surface area (Å²) < 4.78 is 8.49. The molecule has 0 aromatic carbocycles. The Morgan fingerprint density at radius 2 is 2.09 bits per heavy atom. The van der Waals surface area contributed by atoms with E-state index in [1.54, 1.807) is 7.05 Å². The number of methoxy groups -OCH3 is 1. The van der Waals surface area contributed by atoms with Crippen molar-refractivity contribution < 1.29 is 9.53 Å². The number of fused-ring (bicyclic) bond motifs is 1. The van der Waals surface area contributed by atoms with Crippen LogP contribution in [0.1, 0.15) is 55.1 Å². The number of rotatable bonds is 4. The van der Waals surface area contributed by atoms with Crippen LogP contribution in [0.15, 0.2) is 28.6 Å². The van der Waals surface area contributed by atoms with E-state index in [1.165, 1.54) is 36.5 Å². The van der Waals surface area contributed by atoms with Crippen LogP contribution in [0.25, 0.3) is 11.0 Å². The number of piperidine rings is 1. The highest BCUT2D eigenvalue weighted by molar-refractivity contribution is 5.95. The van der Waals surface area contributed by atoms with E-state index in [0.717, 1.165) is 31.9 Å². The van der Waals surface area contributed by atoms with Gasteiger partial charge in [-0.05, 0) is 55.9 Å². The number of allylic oxidation sites excluding steroid dienone is 4. The molecule has 170 valence electrons. The predicted molar refractivity (Wildman–Crippen MR) is 125 cm³/mol. The van der Waals surface area contributed by atoms with Gasteiger partial charge in [-0.1, -0.05) is 25.2 Å². The first-order valence-electron chi connectivity index (χ1n) is 11.6. The van der Waals surface area contributed by atoms with E-state index in [4.69, 9.17) is 9.72 Å². The molecule has 1 aliphatic heterocycles. The molecule has 7 nitrogen and oxygen atoms in total. The van der Waals surface area contributed by atoms with E-state index in [2.05, 4.69) is 34.6 Å². The van der Waals surface area contributed by atoms with Crippen molar-refractivity contribution in [3.8, 4) is 0 Å². The lowest BCUT2D eigenvalue weighted by Crippen LogP contribution is -2.38. The standard InChI is InChI=1S/C25H32N4O3/c1-16-8-5-6-9-18(16)14-29-21-19(17(2)20(23(31)32-4)27(3)22(21)30)26-24(29)28-13-7-10-25(15-28)11-12-25/h5-6,9,16H,7-8,10-15H2,1-4H3. The van der Waals surface area contributed by atoms with E-state index in [9.17, 15) is 9.59 Å². The van der Waals surface area contributed by atoms with Crippen LogP contribution < -0.4 is 10.5 Å². The molecule has 1 atom stereocenters. The molecule has 0 bridgehead atoms. The molecule has 0 radical (unpaired) electrons. The number of ether oxygens (including phenoxy) is 1.